The summed E-state index contributed by atoms with van der Waals surface area (Å²) in [5.74, 6) is 0.186. The van der Waals surface area contributed by atoms with E-state index >= 15 is 0 Å². The van der Waals surface area contributed by atoms with Crippen molar-refractivity contribution in [3.63, 3.8) is 0 Å². The lowest BCUT2D eigenvalue weighted by Gasteiger charge is -2.03. The molecule has 0 aliphatic carbocycles. The summed E-state index contributed by atoms with van der Waals surface area (Å²) in [6.45, 7) is 0. The summed E-state index contributed by atoms with van der Waals surface area (Å²) >= 11 is 1.53. The standard InChI is InChI=1S/C17H12F2N2S/c18-14-5-1-12(2-6-14)11-22-17-10-9-16(20-21-17)13-3-7-15(19)8-4-13/h1-10H,11H2. The Morgan fingerprint density at radius 1 is 0.727 bits per heavy atom. The minimum absolute atomic E-state index is 0.239. The summed E-state index contributed by atoms with van der Waals surface area (Å²) in [5, 5.41) is 9.09. The van der Waals surface area contributed by atoms with Crippen LogP contribution in [0.3, 0.4) is 0 Å². The third-order valence-corrected chi connectivity index (χ3v) is 4.07. The molecule has 2 aromatic carbocycles. The molecule has 1 aromatic heterocycles. The van der Waals surface area contributed by atoms with Gasteiger partial charge in [-0.15, -0.1) is 10.2 Å². The van der Waals surface area contributed by atoms with E-state index in [0.717, 1.165) is 16.2 Å². The molecule has 0 saturated heterocycles. The van der Waals surface area contributed by atoms with E-state index < -0.39 is 0 Å². The highest BCUT2D eigenvalue weighted by atomic mass is 32.2. The summed E-state index contributed by atoms with van der Waals surface area (Å²) in [4.78, 5) is 0. The van der Waals surface area contributed by atoms with Crippen molar-refractivity contribution in [2.45, 2.75) is 10.8 Å². The Labute approximate surface area is 131 Å². The maximum Gasteiger partial charge on any atom is 0.123 e. The third-order valence-electron chi connectivity index (χ3n) is 3.08. The highest BCUT2D eigenvalue weighted by Gasteiger charge is 2.03. The van der Waals surface area contributed by atoms with Gasteiger partial charge >= 0.3 is 0 Å². The van der Waals surface area contributed by atoms with Crippen molar-refractivity contribution in [1.29, 1.82) is 0 Å². The fourth-order valence-electron chi connectivity index (χ4n) is 1.91. The SMILES string of the molecule is Fc1ccc(CSc2ccc(-c3ccc(F)cc3)nn2)cc1. The minimum Gasteiger partial charge on any atom is -0.207 e. The molecular formula is C17H12F2N2S. The van der Waals surface area contributed by atoms with Crippen LogP contribution < -0.4 is 0 Å². The van der Waals surface area contributed by atoms with E-state index in [9.17, 15) is 8.78 Å². The molecule has 0 unspecified atom stereocenters. The first kappa shape index (κ1) is 14.7. The Morgan fingerprint density at radius 2 is 1.36 bits per heavy atom. The van der Waals surface area contributed by atoms with Crippen LogP contribution >= 0.6 is 11.8 Å². The summed E-state index contributed by atoms with van der Waals surface area (Å²) in [6.07, 6.45) is 0. The Bertz CT molecular complexity index is 741. The van der Waals surface area contributed by atoms with Crippen molar-refractivity contribution < 1.29 is 8.78 Å². The molecule has 0 bridgehead atoms. The first-order valence-corrected chi connectivity index (χ1v) is 7.66. The number of thioether (sulfide) groups is 1. The van der Waals surface area contributed by atoms with Gasteiger partial charge < -0.3 is 0 Å². The largest absolute Gasteiger partial charge is 0.207 e. The molecule has 0 amide bonds. The Morgan fingerprint density at radius 3 is 1.95 bits per heavy atom. The molecular weight excluding hydrogens is 302 g/mol. The van der Waals surface area contributed by atoms with Gasteiger partial charge in [-0.05, 0) is 54.1 Å². The zero-order chi connectivity index (χ0) is 15.4. The van der Waals surface area contributed by atoms with E-state index in [1.165, 1.54) is 36.0 Å². The number of aromatic nitrogens is 2. The van der Waals surface area contributed by atoms with Crippen molar-refractivity contribution in [2.24, 2.45) is 0 Å². The molecule has 1 heterocycles. The fourth-order valence-corrected chi connectivity index (χ4v) is 2.68. The zero-order valence-electron chi connectivity index (χ0n) is 11.5. The number of benzene rings is 2. The molecule has 0 N–H and O–H groups in total. The number of rotatable bonds is 4. The highest BCUT2D eigenvalue weighted by Crippen LogP contribution is 2.23. The van der Waals surface area contributed by atoms with Crippen LogP contribution in [0.15, 0.2) is 65.7 Å². The number of hydrogen-bond acceptors (Lipinski definition) is 3. The molecule has 0 atom stereocenters. The fraction of sp³-hybridized carbons (Fsp3) is 0.0588. The van der Waals surface area contributed by atoms with Gasteiger partial charge in [-0.2, -0.15) is 0 Å². The van der Waals surface area contributed by atoms with Crippen LogP contribution in [0.1, 0.15) is 5.56 Å². The van der Waals surface area contributed by atoms with Gasteiger partial charge in [0.2, 0.25) is 0 Å². The van der Waals surface area contributed by atoms with E-state index in [-0.39, 0.29) is 11.6 Å². The van der Waals surface area contributed by atoms with Gasteiger partial charge in [0.15, 0.2) is 0 Å². The second-order valence-electron chi connectivity index (χ2n) is 4.68. The van der Waals surface area contributed by atoms with E-state index in [4.69, 9.17) is 0 Å². The van der Waals surface area contributed by atoms with Crippen LogP contribution in [-0.2, 0) is 5.75 Å². The molecule has 0 fully saturated rings. The predicted molar refractivity (Wildman–Crippen MR) is 83.4 cm³/mol. The van der Waals surface area contributed by atoms with Crippen LogP contribution in [0.25, 0.3) is 11.3 Å². The van der Waals surface area contributed by atoms with Gasteiger partial charge in [0.1, 0.15) is 16.7 Å². The van der Waals surface area contributed by atoms with Gasteiger partial charge in [0.25, 0.3) is 0 Å². The normalized spacial score (nSPS) is 10.6. The molecule has 110 valence electrons. The molecule has 0 aliphatic rings. The van der Waals surface area contributed by atoms with E-state index in [0.29, 0.717) is 11.4 Å². The number of nitrogens with zero attached hydrogens (tertiary/aromatic N) is 2. The molecule has 5 heteroatoms. The van der Waals surface area contributed by atoms with Crippen LogP contribution in [0.5, 0.6) is 0 Å². The van der Waals surface area contributed by atoms with Gasteiger partial charge in [-0.3, -0.25) is 0 Å². The second-order valence-corrected chi connectivity index (χ2v) is 5.67. The lowest BCUT2D eigenvalue weighted by atomic mass is 10.1. The molecule has 0 radical (unpaired) electrons. The van der Waals surface area contributed by atoms with Gasteiger partial charge in [-0.1, -0.05) is 23.9 Å². The quantitative estimate of drug-likeness (QED) is 0.652. The summed E-state index contributed by atoms with van der Waals surface area (Å²) in [5.41, 5.74) is 2.55. The molecule has 3 aromatic rings. The topological polar surface area (TPSA) is 25.8 Å². The Hall–Kier alpha value is -2.27. The smallest absolute Gasteiger partial charge is 0.123 e. The van der Waals surface area contributed by atoms with Crippen molar-refractivity contribution >= 4 is 11.8 Å². The molecule has 0 saturated carbocycles. The number of halogens is 2. The van der Waals surface area contributed by atoms with E-state index in [1.807, 2.05) is 12.1 Å². The average Bonchev–Trinajstić information content (AvgIpc) is 2.56. The lowest BCUT2D eigenvalue weighted by molar-refractivity contribution is 0.627. The number of hydrogen-bond donors (Lipinski definition) is 0. The molecule has 0 spiro atoms. The first-order chi connectivity index (χ1) is 10.7. The second kappa shape index (κ2) is 6.66. The Balaban J connectivity index is 1.66. The molecule has 22 heavy (non-hydrogen) atoms. The average molecular weight is 314 g/mol. The zero-order valence-corrected chi connectivity index (χ0v) is 12.4. The summed E-state index contributed by atoms with van der Waals surface area (Å²) in [7, 11) is 0. The monoisotopic (exact) mass is 314 g/mol. The Kier molecular flexibility index (Phi) is 4.44. The first-order valence-electron chi connectivity index (χ1n) is 6.67. The van der Waals surface area contributed by atoms with Crippen molar-refractivity contribution in [1.82, 2.24) is 10.2 Å². The summed E-state index contributed by atoms with van der Waals surface area (Å²) in [6, 6.07) is 16.3. The van der Waals surface area contributed by atoms with Crippen LogP contribution in [-0.4, -0.2) is 10.2 Å². The van der Waals surface area contributed by atoms with Crippen molar-refractivity contribution in [3.8, 4) is 11.3 Å². The van der Waals surface area contributed by atoms with Gasteiger partial charge in [-0.25, -0.2) is 8.78 Å². The third kappa shape index (κ3) is 3.68. The molecule has 3 rings (SSSR count). The van der Waals surface area contributed by atoms with E-state index in [2.05, 4.69) is 10.2 Å². The lowest BCUT2D eigenvalue weighted by Crippen LogP contribution is -1.90. The predicted octanol–water partition coefficient (Wildman–Crippen LogP) is 4.71. The highest BCUT2D eigenvalue weighted by molar-refractivity contribution is 7.98. The molecule has 2 nitrogen and oxygen atoms in total. The summed E-state index contributed by atoms with van der Waals surface area (Å²) < 4.78 is 25.7. The van der Waals surface area contributed by atoms with Crippen LogP contribution in [0, 0.1) is 11.6 Å². The maximum absolute atomic E-state index is 12.9. The van der Waals surface area contributed by atoms with Gasteiger partial charge in [0, 0.05) is 11.3 Å². The van der Waals surface area contributed by atoms with Crippen LogP contribution in [0.4, 0.5) is 8.78 Å². The maximum atomic E-state index is 12.9. The van der Waals surface area contributed by atoms with E-state index in [1.54, 1.807) is 24.3 Å². The van der Waals surface area contributed by atoms with Crippen molar-refractivity contribution in [3.05, 3.63) is 77.9 Å². The van der Waals surface area contributed by atoms with Crippen molar-refractivity contribution in [2.75, 3.05) is 0 Å². The van der Waals surface area contributed by atoms with Gasteiger partial charge in [0.05, 0.1) is 5.69 Å². The minimum atomic E-state index is -0.275. The molecule has 0 aliphatic heterocycles. The van der Waals surface area contributed by atoms with Crippen LogP contribution in [0.2, 0.25) is 0 Å².